The molecule has 0 saturated heterocycles. The highest BCUT2D eigenvalue weighted by atomic mass is 32.2. The number of methoxy groups -OCH3 is 3. The van der Waals surface area contributed by atoms with Gasteiger partial charge >= 0.3 is 0 Å². The van der Waals surface area contributed by atoms with Gasteiger partial charge in [-0.1, -0.05) is 11.8 Å². The van der Waals surface area contributed by atoms with Gasteiger partial charge in [-0.3, -0.25) is 4.79 Å². The van der Waals surface area contributed by atoms with Crippen LogP contribution in [0.3, 0.4) is 0 Å². The highest BCUT2D eigenvalue weighted by molar-refractivity contribution is 7.99. The average Bonchev–Trinajstić information content (AvgIpc) is 3.25. The predicted octanol–water partition coefficient (Wildman–Crippen LogP) is 3.23. The fourth-order valence-corrected chi connectivity index (χ4v) is 3.69. The Kier molecular flexibility index (Phi) is 8.09. The highest BCUT2D eigenvalue weighted by Gasteiger charge is 2.14. The average molecular weight is 456 g/mol. The number of hydrazone groups is 1. The van der Waals surface area contributed by atoms with Crippen molar-refractivity contribution in [2.24, 2.45) is 5.10 Å². The van der Waals surface area contributed by atoms with Crippen LogP contribution in [0.1, 0.15) is 12.5 Å². The Morgan fingerprint density at radius 3 is 2.44 bits per heavy atom. The molecule has 0 aliphatic carbocycles. The SMILES string of the molecule is CCn1c(SCC(=O)N/N=C/c2ccc(OC)cc2OC)nnc1-c1ccc(OC)cc1. The van der Waals surface area contributed by atoms with Gasteiger partial charge in [-0.2, -0.15) is 5.10 Å². The number of thioether (sulfide) groups is 1. The van der Waals surface area contributed by atoms with Crippen LogP contribution in [0.15, 0.2) is 52.7 Å². The number of nitrogens with zero attached hydrogens (tertiary/aromatic N) is 4. The second kappa shape index (κ2) is 11.2. The molecule has 3 rings (SSSR count). The molecule has 3 aromatic rings. The molecular weight excluding hydrogens is 430 g/mol. The van der Waals surface area contributed by atoms with Gasteiger partial charge in [0, 0.05) is 23.7 Å². The van der Waals surface area contributed by atoms with Crippen molar-refractivity contribution in [2.45, 2.75) is 18.6 Å². The molecule has 0 fully saturated rings. The summed E-state index contributed by atoms with van der Waals surface area (Å²) in [6.45, 7) is 2.68. The predicted molar refractivity (Wildman–Crippen MR) is 124 cm³/mol. The van der Waals surface area contributed by atoms with Gasteiger partial charge in [-0.05, 0) is 43.3 Å². The largest absolute Gasteiger partial charge is 0.497 e. The lowest BCUT2D eigenvalue weighted by Crippen LogP contribution is -2.20. The summed E-state index contributed by atoms with van der Waals surface area (Å²) in [4.78, 5) is 12.2. The van der Waals surface area contributed by atoms with E-state index in [9.17, 15) is 4.79 Å². The smallest absolute Gasteiger partial charge is 0.250 e. The number of nitrogens with one attached hydrogen (secondary N) is 1. The van der Waals surface area contributed by atoms with Crippen molar-refractivity contribution in [3.05, 3.63) is 48.0 Å². The van der Waals surface area contributed by atoms with Crippen molar-refractivity contribution in [2.75, 3.05) is 27.1 Å². The zero-order valence-corrected chi connectivity index (χ0v) is 19.2. The van der Waals surface area contributed by atoms with Crippen molar-refractivity contribution in [1.29, 1.82) is 0 Å². The zero-order valence-electron chi connectivity index (χ0n) is 18.4. The van der Waals surface area contributed by atoms with Crippen LogP contribution in [-0.4, -0.2) is 54.0 Å². The molecule has 10 heteroatoms. The first kappa shape index (κ1) is 23.1. The van der Waals surface area contributed by atoms with Crippen molar-refractivity contribution in [1.82, 2.24) is 20.2 Å². The standard InChI is InChI=1S/C22H25N5O4S/c1-5-27-21(15-6-9-17(29-2)10-7-15)25-26-22(27)32-14-20(28)24-23-13-16-8-11-18(30-3)12-19(16)31-4/h6-13H,5,14H2,1-4H3,(H,24,28)/b23-13+. The van der Waals surface area contributed by atoms with Crippen molar-refractivity contribution < 1.29 is 19.0 Å². The summed E-state index contributed by atoms with van der Waals surface area (Å²) in [6.07, 6.45) is 1.52. The number of benzene rings is 2. The normalized spacial score (nSPS) is 10.9. The third kappa shape index (κ3) is 5.58. The van der Waals surface area contributed by atoms with Gasteiger partial charge in [-0.15, -0.1) is 10.2 Å². The van der Waals surface area contributed by atoms with E-state index in [1.54, 1.807) is 39.5 Å². The molecular formula is C22H25N5O4S. The lowest BCUT2D eigenvalue weighted by molar-refractivity contribution is -0.118. The summed E-state index contributed by atoms with van der Waals surface area (Å²) < 4.78 is 17.7. The van der Waals surface area contributed by atoms with Crippen molar-refractivity contribution in [3.8, 4) is 28.6 Å². The Balaban J connectivity index is 1.60. The van der Waals surface area contributed by atoms with Crippen molar-refractivity contribution in [3.63, 3.8) is 0 Å². The molecule has 32 heavy (non-hydrogen) atoms. The maximum atomic E-state index is 12.2. The fraction of sp³-hybridized carbons (Fsp3) is 0.273. The molecule has 0 radical (unpaired) electrons. The van der Waals surface area contributed by atoms with Gasteiger partial charge in [0.1, 0.15) is 17.2 Å². The summed E-state index contributed by atoms with van der Waals surface area (Å²) in [5.41, 5.74) is 4.17. The van der Waals surface area contributed by atoms with Crippen LogP contribution in [0, 0.1) is 0 Å². The molecule has 0 saturated carbocycles. The Morgan fingerprint density at radius 2 is 1.78 bits per heavy atom. The van der Waals surface area contributed by atoms with Gasteiger partial charge in [-0.25, -0.2) is 5.43 Å². The third-order valence-electron chi connectivity index (χ3n) is 4.55. The first-order valence-electron chi connectivity index (χ1n) is 9.84. The first-order valence-corrected chi connectivity index (χ1v) is 10.8. The minimum Gasteiger partial charge on any atom is -0.497 e. The maximum absolute atomic E-state index is 12.2. The number of hydrogen-bond acceptors (Lipinski definition) is 8. The van der Waals surface area contributed by atoms with Gasteiger partial charge in [0.25, 0.3) is 5.91 Å². The summed E-state index contributed by atoms with van der Waals surface area (Å²) >= 11 is 1.30. The number of aromatic nitrogens is 3. The number of ether oxygens (including phenoxy) is 3. The first-order chi connectivity index (χ1) is 15.6. The van der Waals surface area contributed by atoms with Crippen LogP contribution in [0.2, 0.25) is 0 Å². The third-order valence-corrected chi connectivity index (χ3v) is 5.51. The van der Waals surface area contributed by atoms with Crippen molar-refractivity contribution >= 4 is 23.9 Å². The van der Waals surface area contributed by atoms with E-state index < -0.39 is 0 Å². The minimum atomic E-state index is -0.254. The van der Waals surface area contributed by atoms with Crippen LogP contribution >= 0.6 is 11.8 Å². The van der Waals surface area contributed by atoms with E-state index in [-0.39, 0.29) is 11.7 Å². The minimum absolute atomic E-state index is 0.151. The van der Waals surface area contributed by atoms with E-state index in [0.29, 0.717) is 23.2 Å². The van der Waals surface area contributed by atoms with E-state index in [2.05, 4.69) is 20.7 Å². The molecule has 0 aliphatic heterocycles. The maximum Gasteiger partial charge on any atom is 0.250 e. The monoisotopic (exact) mass is 455 g/mol. The van der Waals surface area contributed by atoms with Gasteiger partial charge < -0.3 is 18.8 Å². The van der Waals surface area contributed by atoms with Crippen LogP contribution in [0.4, 0.5) is 0 Å². The summed E-state index contributed by atoms with van der Waals surface area (Å²) in [7, 11) is 4.77. The number of carbonyl (C=O) groups excluding carboxylic acids is 1. The molecule has 2 aromatic carbocycles. The Morgan fingerprint density at radius 1 is 1.06 bits per heavy atom. The molecule has 1 aromatic heterocycles. The lowest BCUT2D eigenvalue weighted by Gasteiger charge is -2.08. The number of carbonyl (C=O) groups is 1. The molecule has 0 spiro atoms. The molecule has 0 atom stereocenters. The summed E-state index contributed by atoms with van der Waals surface area (Å²) in [5, 5.41) is 13.2. The van der Waals surface area contributed by atoms with Crippen LogP contribution in [0.5, 0.6) is 17.2 Å². The number of rotatable bonds is 10. The molecule has 1 N–H and O–H groups in total. The lowest BCUT2D eigenvalue weighted by atomic mass is 10.2. The molecule has 1 amide bonds. The van der Waals surface area contributed by atoms with Gasteiger partial charge in [0.15, 0.2) is 11.0 Å². The zero-order chi connectivity index (χ0) is 22.9. The fourth-order valence-electron chi connectivity index (χ4n) is 2.90. The van der Waals surface area contributed by atoms with E-state index in [0.717, 1.165) is 22.7 Å². The molecule has 168 valence electrons. The van der Waals surface area contributed by atoms with E-state index in [1.807, 2.05) is 35.8 Å². The van der Waals surface area contributed by atoms with Gasteiger partial charge in [0.2, 0.25) is 0 Å². The Labute approximate surface area is 190 Å². The Hall–Kier alpha value is -3.53. The molecule has 1 heterocycles. The quantitative estimate of drug-likeness (QED) is 0.285. The van der Waals surface area contributed by atoms with Gasteiger partial charge in [0.05, 0.1) is 33.3 Å². The molecule has 9 nitrogen and oxygen atoms in total. The topological polar surface area (TPSA) is 99.9 Å². The second-order valence-corrected chi connectivity index (χ2v) is 7.41. The Bertz CT molecular complexity index is 1080. The second-order valence-electron chi connectivity index (χ2n) is 6.47. The molecule has 0 aliphatic rings. The van der Waals surface area contributed by atoms with Crippen LogP contribution < -0.4 is 19.6 Å². The van der Waals surface area contributed by atoms with E-state index in [1.165, 1.54) is 18.0 Å². The van der Waals surface area contributed by atoms with E-state index in [4.69, 9.17) is 14.2 Å². The molecule has 0 unspecified atom stereocenters. The van der Waals surface area contributed by atoms with Crippen LogP contribution in [-0.2, 0) is 11.3 Å². The van der Waals surface area contributed by atoms with Crippen LogP contribution in [0.25, 0.3) is 11.4 Å². The summed E-state index contributed by atoms with van der Waals surface area (Å²) in [6, 6.07) is 12.9. The number of hydrogen-bond donors (Lipinski definition) is 1. The van der Waals surface area contributed by atoms with E-state index >= 15 is 0 Å². The molecule has 0 bridgehead atoms. The number of amides is 1. The highest BCUT2D eigenvalue weighted by Crippen LogP contribution is 2.26. The summed E-state index contributed by atoms with van der Waals surface area (Å²) in [5.74, 6) is 2.68.